The minimum Gasteiger partial charge on any atom is -0.319 e. The molecule has 1 saturated heterocycles. The Balaban J connectivity index is 1.90. The van der Waals surface area contributed by atoms with E-state index in [1.807, 2.05) is 0 Å². The monoisotopic (exact) mass is 238 g/mol. The predicted molar refractivity (Wildman–Crippen MR) is 74.2 cm³/mol. The number of nitrogens with zero attached hydrogens (tertiary/aromatic N) is 1. The number of hydrogen-bond acceptors (Lipinski definition) is 2. The van der Waals surface area contributed by atoms with Crippen molar-refractivity contribution in [2.75, 3.05) is 33.2 Å². The van der Waals surface area contributed by atoms with Crippen LogP contribution in [0.4, 0.5) is 0 Å². The van der Waals surface area contributed by atoms with E-state index in [-0.39, 0.29) is 0 Å². The molecule has 0 radical (unpaired) electrons. The van der Waals surface area contributed by atoms with Gasteiger partial charge in [-0.15, -0.1) is 0 Å². The molecule has 0 bridgehead atoms. The Morgan fingerprint density at radius 2 is 1.71 bits per heavy atom. The van der Waals surface area contributed by atoms with Crippen LogP contribution in [0.5, 0.6) is 0 Å². The summed E-state index contributed by atoms with van der Waals surface area (Å²) in [7, 11) is 2.10. The van der Waals surface area contributed by atoms with Gasteiger partial charge < -0.3 is 10.2 Å². The number of likely N-dealkylation sites (tertiary alicyclic amines) is 1. The van der Waals surface area contributed by atoms with E-state index in [1.165, 1.54) is 58.3 Å². The fourth-order valence-electron chi connectivity index (χ4n) is 4.09. The number of rotatable bonds is 6. The lowest BCUT2D eigenvalue weighted by molar-refractivity contribution is 0.150. The van der Waals surface area contributed by atoms with Crippen molar-refractivity contribution in [3.05, 3.63) is 0 Å². The fourth-order valence-corrected chi connectivity index (χ4v) is 4.09. The van der Waals surface area contributed by atoms with Crippen molar-refractivity contribution in [2.45, 2.75) is 46.0 Å². The minimum atomic E-state index is 0.507. The average molecular weight is 238 g/mol. The molecular weight excluding hydrogens is 208 g/mol. The molecule has 1 aliphatic heterocycles. The maximum absolute atomic E-state index is 3.41. The molecule has 2 fully saturated rings. The molecule has 17 heavy (non-hydrogen) atoms. The van der Waals surface area contributed by atoms with Crippen molar-refractivity contribution in [3.63, 3.8) is 0 Å². The van der Waals surface area contributed by atoms with Gasteiger partial charge in [0.05, 0.1) is 0 Å². The highest BCUT2D eigenvalue weighted by atomic mass is 15.2. The van der Waals surface area contributed by atoms with E-state index in [0.717, 1.165) is 11.8 Å². The topological polar surface area (TPSA) is 15.3 Å². The van der Waals surface area contributed by atoms with Gasteiger partial charge in [-0.1, -0.05) is 20.3 Å². The van der Waals surface area contributed by atoms with Gasteiger partial charge in [0.15, 0.2) is 0 Å². The van der Waals surface area contributed by atoms with Gasteiger partial charge >= 0.3 is 0 Å². The van der Waals surface area contributed by atoms with Gasteiger partial charge in [-0.2, -0.15) is 0 Å². The van der Waals surface area contributed by atoms with Crippen LogP contribution in [0.2, 0.25) is 0 Å². The van der Waals surface area contributed by atoms with E-state index < -0.39 is 0 Å². The van der Waals surface area contributed by atoms with Crippen LogP contribution >= 0.6 is 0 Å². The van der Waals surface area contributed by atoms with Crippen LogP contribution < -0.4 is 5.32 Å². The SMILES string of the molecule is CCC(CC)(CNC)CN1CC2CCCC2C1. The standard InChI is InChI=1S/C15H30N2/c1-4-15(5-2,11-16-3)12-17-9-13-7-6-8-14(13)10-17/h13-14,16H,4-12H2,1-3H3. The Bertz CT molecular complexity index is 223. The molecule has 1 N–H and O–H groups in total. The highest BCUT2D eigenvalue weighted by Crippen LogP contribution is 2.39. The molecule has 2 heteroatoms. The van der Waals surface area contributed by atoms with Gasteiger partial charge in [0.2, 0.25) is 0 Å². The minimum absolute atomic E-state index is 0.507. The van der Waals surface area contributed by atoms with Crippen LogP contribution in [0.3, 0.4) is 0 Å². The Labute approximate surface area is 107 Å². The van der Waals surface area contributed by atoms with Gasteiger partial charge in [0, 0.05) is 26.2 Å². The zero-order chi connectivity index (χ0) is 12.3. The molecule has 0 aromatic carbocycles. The molecule has 2 atom stereocenters. The first kappa shape index (κ1) is 13.4. The van der Waals surface area contributed by atoms with Crippen molar-refractivity contribution < 1.29 is 0 Å². The van der Waals surface area contributed by atoms with E-state index in [1.54, 1.807) is 0 Å². The maximum Gasteiger partial charge on any atom is 0.00502 e. The van der Waals surface area contributed by atoms with Crippen LogP contribution in [0.25, 0.3) is 0 Å². The number of nitrogens with one attached hydrogen (secondary N) is 1. The van der Waals surface area contributed by atoms with E-state index in [0.29, 0.717) is 5.41 Å². The molecule has 0 spiro atoms. The normalized spacial score (nSPS) is 29.8. The van der Waals surface area contributed by atoms with Crippen LogP contribution in [-0.2, 0) is 0 Å². The third kappa shape index (κ3) is 2.85. The first-order chi connectivity index (χ1) is 8.23. The second-order valence-corrected chi connectivity index (χ2v) is 6.38. The van der Waals surface area contributed by atoms with Crippen molar-refractivity contribution in [1.82, 2.24) is 10.2 Å². The van der Waals surface area contributed by atoms with Crippen molar-refractivity contribution in [2.24, 2.45) is 17.3 Å². The van der Waals surface area contributed by atoms with Crippen molar-refractivity contribution in [1.29, 1.82) is 0 Å². The summed E-state index contributed by atoms with van der Waals surface area (Å²) >= 11 is 0. The molecule has 1 aliphatic carbocycles. The summed E-state index contributed by atoms with van der Waals surface area (Å²) in [5.41, 5.74) is 0.507. The Morgan fingerprint density at radius 1 is 1.12 bits per heavy atom. The lowest BCUT2D eigenvalue weighted by Gasteiger charge is -2.36. The highest BCUT2D eigenvalue weighted by Gasteiger charge is 2.38. The molecular formula is C15H30N2. The van der Waals surface area contributed by atoms with Gasteiger partial charge in [-0.05, 0) is 50.0 Å². The summed E-state index contributed by atoms with van der Waals surface area (Å²) in [6.45, 7) is 9.97. The molecule has 0 aromatic heterocycles. The first-order valence-corrected chi connectivity index (χ1v) is 7.60. The van der Waals surface area contributed by atoms with Gasteiger partial charge in [0.1, 0.15) is 0 Å². The molecule has 2 aliphatic rings. The number of fused-ring (bicyclic) bond motifs is 1. The van der Waals surface area contributed by atoms with Gasteiger partial charge in [-0.25, -0.2) is 0 Å². The van der Waals surface area contributed by atoms with E-state index in [9.17, 15) is 0 Å². The molecule has 0 aromatic rings. The lowest BCUT2D eigenvalue weighted by Crippen LogP contribution is -2.42. The summed E-state index contributed by atoms with van der Waals surface area (Å²) in [6.07, 6.45) is 7.09. The van der Waals surface area contributed by atoms with Gasteiger partial charge in [0.25, 0.3) is 0 Å². The summed E-state index contributed by atoms with van der Waals surface area (Å²) < 4.78 is 0. The summed E-state index contributed by atoms with van der Waals surface area (Å²) in [5.74, 6) is 2.08. The van der Waals surface area contributed by atoms with Gasteiger partial charge in [-0.3, -0.25) is 0 Å². The molecule has 2 nitrogen and oxygen atoms in total. The second kappa shape index (κ2) is 5.71. The first-order valence-electron chi connectivity index (χ1n) is 7.60. The van der Waals surface area contributed by atoms with Crippen molar-refractivity contribution in [3.8, 4) is 0 Å². The molecule has 1 heterocycles. The van der Waals surface area contributed by atoms with E-state index >= 15 is 0 Å². The molecule has 1 saturated carbocycles. The third-order valence-electron chi connectivity index (χ3n) is 5.41. The molecule has 2 unspecified atom stereocenters. The maximum atomic E-state index is 3.41. The molecule has 0 amide bonds. The molecule has 100 valence electrons. The largest absolute Gasteiger partial charge is 0.319 e. The Morgan fingerprint density at radius 3 is 2.18 bits per heavy atom. The third-order valence-corrected chi connectivity index (χ3v) is 5.41. The van der Waals surface area contributed by atoms with Crippen molar-refractivity contribution >= 4 is 0 Å². The van der Waals surface area contributed by atoms with Crippen LogP contribution in [0.1, 0.15) is 46.0 Å². The lowest BCUT2D eigenvalue weighted by atomic mass is 9.81. The second-order valence-electron chi connectivity index (χ2n) is 6.38. The van der Waals surface area contributed by atoms with Crippen LogP contribution in [0, 0.1) is 17.3 Å². The summed E-state index contributed by atoms with van der Waals surface area (Å²) in [5, 5.41) is 3.41. The quantitative estimate of drug-likeness (QED) is 0.765. The summed E-state index contributed by atoms with van der Waals surface area (Å²) in [4.78, 5) is 2.76. The number of hydrogen-bond donors (Lipinski definition) is 1. The van der Waals surface area contributed by atoms with E-state index in [2.05, 4.69) is 31.1 Å². The Hall–Kier alpha value is -0.0800. The zero-order valence-electron chi connectivity index (χ0n) is 12.0. The average Bonchev–Trinajstić information content (AvgIpc) is 2.88. The Kier molecular flexibility index (Phi) is 4.48. The summed E-state index contributed by atoms with van der Waals surface area (Å²) in [6, 6.07) is 0. The molecule has 2 rings (SSSR count). The van der Waals surface area contributed by atoms with E-state index in [4.69, 9.17) is 0 Å². The zero-order valence-corrected chi connectivity index (χ0v) is 12.0. The predicted octanol–water partition coefficient (Wildman–Crippen LogP) is 2.74. The smallest absolute Gasteiger partial charge is 0.00502 e. The van der Waals surface area contributed by atoms with Crippen LogP contribution in [-0.4, -0.2) is 38.1 Å². The highest BCUT2D eigenvalue weighted by molar-refractivity contribution is 4.92. The fraction of sp³-hybridized carbons (Fsp3) is 1.00. The van der Waals surface area contributed by atoms with Crippen LogP contribution in [0.15, 0.2) is 0 Å².